The first kappa shape index (κ1) is 19.5. The standard InChI is InChI=1S/C18H18O7S/c1-12-4-7-14(18(20)24-3)11-16(12)26(21,22)25-15-8-5-13(6-9-15)10-17(19)23-2/h4-9,11H,10H2,1-3H3. The summed E-state index contributed by atoms with van der Waals surface area (Å²) in [7, 11) is -1.65. The fourth-order valence-electron chi connectivity index (χ4n) is 2.19. The second kappa shape index (κ2) is 8.01. The number of hydrogen-bond acceptors (Lipinski definition) is 7. The van der Waals surface area contributed by atoms with E-state index in [-0.39, 0.29) is 22.6 Å². The van der Waals surface area contributed by atoms with Gasteiger partial charge in [-0.2, -0.15) is 8.42 Å². The van der Waals surface area contributed by atoms with Gasteiger partial charge in [0.2, 0.25) is 0 Å². The smallest absolute Gasteiger partial charge is 0.339 e. The van der Waals surface area contributed by atoms with Crippen molar-refractivity contribution in [1.82, 2.24) is 0 Å². The Morgan fingerprint density at radius 1 is 0.962 bits per heavy atom. The van der Waals surface area contributed by atoms with Crippen molar-refractivity contribution in [2.75, 3.05) is 14.2 Å². The second-order valence-corrected chi connectivity index (χ2v) is 6.92. The summed E-state index contributed by atoms with van der Waals surface area (Å²) in [5.74, 6) is -0.961. The highest BCUT2D eigenvalue weighted by Gasteiger charge is 2.21. The molecule has 26 heavy (non-hydrogen) atoms. The van der Waals surface area contributed by atoms with Gasteiger partial charge in [0.25, 0.3) is 0 Å². The summed E-state index contributed by atoms with van der Waals surface area (Å²) >= 11 is 0. The van der Waals surface area contributed by atoms with Gasteiger partial charge >= 0.3 is 22.1 Å². The summed E-state index contributed by atoms with van der Waals surface area (Å²) < 4.78 is 39.4. The average molecular weight is 378 g/mol. The summed E-state index contributed by atoms with van der Waals surface area (Å²) in [6, 6.07) is 10.2. The topological polar surface area (TPSA) is 96.0 Å². The normalized spacial score (nSPS) is 10.9. The molecule has 7 nitrogen and oxygen atoms in total. The maximum absolute atomic E-state index is 12.5. The van der Waals surface area contributed by atoms with Crippen LogP contribution in [0.1, 0.15) is 21.5 Å². The summed E-state index contributed by atoms with van der Waals surface area (Å²) in [6.45, 7) is 1.59. The number of ether oxygens (including phenoxy) is 2. The molecule has 0 spiro atoms. The first-order valence-electron chi connectivity index (χ1n) is 7.56. The van der Waals surface area contributed by atoms with Crippen LogP contribution in [0.15, 0.2) is 47.4 Å². The van der Waals surface area contributed by atoms with Crippen molar-refractivity contribution in [3.8, 4) is 5.75 Å². The summed E-state index contributed by atoms with van der Waals surface area (Å²) in [4.78, 5) is 22.7. The van der Waals surface area contributed by atoms with Crippen molar-refractivity contribution in [2.24, 2.45) is 0 Å². The predicted molar refractivity (Wildman–Crippen MR) is 92.5 cm³/mol. The van der Waals surface area contributed by atoms with Crippen LogP contribution in [0.3, 0.4) is 0 Å². The molecule has 2 rings (SSSR count). The van der Waals surface area contributed by atoms with Crippen LogP contribution in [0.25, 0.3) is 0 Å². The molecule has 8 heteroatoms. The molecule has 0 aliphatic heterocycles. The molecule has 0 fully saturated rings. The van der Waals surface area contributed by atoms with Crippen molar-refractivity contribution in [1.29, 1.82) is 0 Å². The summed E-state index contributed by atoms with van der Waals surface area (Å²) in [5, 5.41) is 0. The van der Waals surface area contributed by atoms with Gasteiger partial charge in [0.15, 0.2) is 0 Å². The quantitative estimate of drug-likeness (QED) is 0.562. The van der Waals surface area contributed by atoms with Crippen molar-refractivity contribution < 1.29 is 31.7 Å². The zero-order valence-corrected chi connectivity index (χ0v) is 15.3. The van der Waals surface area contributed by atoms with E-state index in [0.29, 0.717) is 11.1 Å². The second-order valence-electron chi connectivity index (χ2n) is 5.41. The Morgan fingerprint density at radius 3 is 2.19 bits per heavy atom. The minimum atomic E-state index is -4.15. The molecule has 138 valence electrons. The molecule has 0 N–H and O–H groups in total. The monoisotopic (exact) mass is 378 g/mol. The summed E-state index contributed by atoms with van der Waals surface area (Å²) in [6.07, 6.45) is 0.0732. The number of benzene rings is 2. The highest BCUT2D eigenvalue weighted by molar-refractivity contribution is 7.87. The molecule has 2 aromatic rings. The molecular formula is C18H18O7S. The van der Waals surface area contributed by atoms with Crippen LogP contribution < -0.4 is 4.18 Å². The lowest BCUT2D eigenvalue weighted by Gasteiger charge is -2.11. The Morgan fingerprint density at radius 2 is 1.62 bits per heavy atom. The molecule has 0 bridgehead atoms. The van der Waals surface area contributed by atoms with E-state index in [4.69, 9.17) is 4.18 Å². The largest absolute Gasteiger partial charge is 0.469 e. The lowest BCUT2D eigenvalue weighted by atomic mass is 10.1. The molecule has 2 aromatic carbocycles. The average Bonchev–Trinajstić information content (AvgIpc) is 2.62. The van der Waals surface area contributed by atoms with Gasteiger partial charge in [-0.25, -0.2) is 4.79 Å². The minimum Gasteiger partial charge on any atom is -0.469 e. The number of esters is 2. The number of hydrogen-bond donors (Lipinski definition) is 0. The van der Waals surface area contributed by atoms with E-state index < -0.39 is 22.1 Å². The molecule has 0 atom stereocenters. The molecule has 0 amide bonds. The van der Waals surface area contributed by atoms with E-state index in [1.807, 2.05) is 0 Å². The highest BCUT2D eigenvalue weighted by atomic mass is 32.2. The van der Waals surface area contributed by atoms with Gasteiger partial charge in [-0.1, -0.05) is 18.2 Å². The minimum absolute atomic E-state index is 0.0732. The van der Waals surface area contributed by atoms with E-state index in [1.54, 1.807) is 19.1 Å². The van der Waals surface area contributed by atoms with Gasteiger partial charge in [-0.15, -0.1) is 0 Å². The van der Waals surface area contributed by atoms with Crippen LogP contribution in [0.2, 0.25) is 0 Å². The maximum atomic E-state index is 12.5. The van der Waals surface area contributed by atoms with E-state index in [1.165, 1.54) is 44.6 Å². The number of rotatable bonds is 6. The van der Waals surface area contributed by atoms with Gasteiger partial charge in [0, 0.05) is 0 Å². The molecule has 0 saturated heterocycles. The van der Waals surface area contributed by atoms with Crippen LogP contribution in [-0.2, 0) is 30.8 Å². The third-order valence-corrected chi connectivity index (χ3v) is 4.97. The number of aryl methyl sites for hydroxylation is 1. The SMILES string of the molecule is COC(=O)Cc1ccc(OS(=O)(=O)c2cc(C(=O)OC)ccc2C)cc1. The Balaban J connectivity index is 2.26. The first-order chi connectivity index (χ1) is 12.3. The number of carbonyl (C=O) groups is 2. The van der Waals surface area contributed by atoms with Crippen molar-refractivity contribution in [2.45, 2.75) is 18.2 Å². The fraction of sp³-hybridized carbons (Fsp3) is 0.222. The molecule has 0 aliphatic rings. The van der Waals surface area contributed by atoms with E-state index in [9.17, 15) is 18.0 Å². The van der Waals surface area contributed by atoms with Crippen LogP contribution >= 0.6 is 0 Å². The zero-order valence-electron chi connectivity index (χ0n) is 14.5. The van der Waals surface area contributed by atoms with Crippen LogP contribution in [0.4, 0.5) is 0 Å². The predicted octanol–water partition coefficient (Wildman–Crippen LogP) is 2.26. The van der Waals surface area contributed by atoms with E-state index in [0.717, 1.165) is 0 Å². The van der Waals surface area contributed by atoms with Gasteiger partial charge in [0.05, 0.1) is 26.2 Å². The van der Waals surface area contributed by atoms with Crippen LogP contribution in [-0.4, -0.2) is 34.6 Å². The van der Waals surface area contributed by atoms with Gasteiger partial charge in [-0.3, -0.25) is 4.79 Å². The zero-order chi connectivity index (χ0) is 19.3. The Labute approximate surface area is 151 Å². The molecule has 0 aliphatic carbocycles. The van der Waals surface area contributed by atoms with Crippen molar-refractivity contribution in [3.05, 3.63) is 59.2 Å². The first-order valence-corrected chi connectivity index (χ1v) is 8.97. The highest BCUT2D eigenvalue weighted by Crippen LogP contribution is 2.23. The van der Waals surface area contributed by atoms with Crippen molar-refractivity contribution >= 4 is 22.1 Å². The molecule has 0 radical (unpaired) electrons. The maximum Gasteiger partial charge on any atom is 0.339 e. The number of methoxy groups -OCH3 is 2. The van der Waals surface area contributed by atoms with Gasteiger partial charge < -0.3 is 13.7 Å². The fourth-order valence-corrected chi connectivity index (χ4v) is 3.38. The molecule has 0 saturated carbocycles. The van der Waals surface area contributed by atoms with Gasteiger partial charge in [0.1, 0.15) is 10.6 Å². The van der Waals surface area contributed by atoms with Crippen LogP contribution in [0, 0.1) is 6.92 Å². The summed E-state index contributed by atoms with van der Waals surface area (Å²) in [5.41, 5.74) is 1.19. The molecule has 0 heterocycles. The molecule has 0 aromatic heterocycles. The van der Waals surface area contributed by atoms with E-state index in [2.05, 4.69) is 9.47 Å². The molecular weight excluding hydrogens is 360 g/mol. The third-order valence-electron chi connectivity index (χ3n) is 3.58. The van der Waals surface area contributed by atoms with Crippen LogP contribution in [0.5, 0.6) is 5.75 Å². The Kier molecular flexibility index (Phi) is 5.99. The number of carbonyl (C=O) groups excluding carboxylic acids is 2. The Hall–Kier alpha value is -2.87. The lowest BCUT2D eigenvalue weighted by Crippen LogP contribution is -2.13. The van der Waals surface area contributed by atoms with Crippen molar-refractivity contribution in [3.63, 3.8) is 0 Å². The lowest BCUT2D eigenvalue weighted by molar-refractivity contribution is -0.139. The molecule has 0 unspecified atom stereocenters. The van der Waals surface area contributed by atoms with Gasteiger partial charge in [-0.05, 0) is 42.3 Å². The van der Waals surface area contributed by atoms with E-state index >= 15 is 0 Å². The third kappa shape index (κ3) is 4.60. The Bertz CT molecular complexity index is 915.